The summed E-state index contributed by atoms with van der Waals surface area (Å²) in [5.41, 5.74) is 3.21. The Morgan fingerprint density at radius 1 is 0.889 bits per heavy atom. The first-order valence-electron chi connectivity index (χ1n) is 16.9. The van der Waals surface area contributed by atoms with E-state index >= 15 is 0 Å². The first-order chi connectivity index (χ1) is 26.1. The van der Waals surface area contributed by atoms with Crippen LogP contribution in [0.15, 0.2) is 120 Å². The molecular formula is C41H35ClN4O6S2. The van der Waals surface area contributed by atoms with Gasteiger partial charge in [-0.25, -0.2) is 4.79 Å². The van der Waals surface area contributed by atoms with Gasteiger partial charge in [0, 0.05) is 39.5 Å². The molecule has 274 valence electrons. The van der Waals surface area contributed by atoms with E-state index in [-0.39, 0.29) is 17.5 Å². The van der Waals surface area contributed by atoms with Gasteiger partial charge in [-0.05, 0) is 71.7 Å². The number of carbonyl (C=O) groups is 5. The van der Waals surface area contributed by atoms with E-state index in [0.717, 1.165) is 10.4 Å². The van der Waals surface area contributed by atoms with Crippen molar-refractivity contribution in [1.29, 1.82) is 0 Å². The van der Waals surface area contributed by atoms with Crippen LogP contribution in [0.2, 0.25) is 5.02 Å². The van der Waals surface area contributed by atoms with Crippen molar-refractivity contribution in [2.45, 2.75) is 30.0 Å². The second-order valence-electron chi connectivity index (χ2n) is 12.2. The number of nitrogens with zero attached hydrogens (tertiary/aromatic N) is 1. The van der Waals surface area contributed by atoms with Crippen LogP contribution in [-0.2, 0) is 32.1 Å². The highest BCUT2D eigenvalue weighted by Gasteiger charge is 2.32. The molecule has 0 saturated heterocycles. The lowest BCUT2D eigenvalue weighted by atomic mass is 10.0. The number of thiophene rings is 1. The van der Waals surface area contributed by atoms with E-state index in [4.69, 9.17) is 16.3 Å². The topological polar surface area (TPSA) is 134 Å². The lowest BCUT2D eigenvalue weighted by molar-refractivity contribution is -0.129. The van der Waals surface area contributed by atoms with Crippen LogP contribution in [0.5, 0.6) is 0 Å². The van der Waals surface area contributed by atoms with Gasteiger partial charge in [0.15, 0.2) is 0 Å². The molecule has 1 aromatic heterocycles. The fourth-order valence-electron chi connectivity index (χ4n) is 5.84. The van der Waals surface area contributed by atoms with Crippen molar-refractivity contribution in [2.75, 3.05) is 24.3 Å². The number of carbonyl (C=O) groups excluding carboxylic acids is 5. The Hall–Kier alpha value is -5.69. The number of methoxy groups -OCH3 is 1. The number of anilines is 2. The zero-order valence-corrected chi connectivity index (χ0v) is 31.6. The van der Waals surface area contributed by atoms with E-state index in [9.17, 15) is 24.0 Å². The highest BCUT2D eigenvalue weighted by molar-refractivity contribution is 8.00. The second-order valence-corrected chi connectivity index (χ2v) is 14.9. The molecule has 0 aliphatic carbocycles. The molecular weight excluding hydrogens is 744 g/mol. The third-order valence-corrected chi connectivity index (χ3v) is 11.1. The summed E-state index contributed by atoms with van der Waals surface area (Å²) in [6.45, 7) is 2.31. The minimum absolute atomic E-state index is 0.00260. The number of hydrogen-bond acceptors (Lipinski definition) is 8. The maximum atomic E-state index is 14.2. The Morgan fingerprint density at radius 2 is 1.61 bits per heavy atom. The number of thioether (sulfide) groups is 1. The number of halogens is 1. The van der Waals surface area contributed by atoms with Gasteiger partial charge in [0.2, 0.25) is 11.8 Å². The maximum Gasteiger partial charge on any atom is 0.341 e. The quantitative estimate of drug-likeness (QED) is 0.0704. The molecule has 1 aliphatic heterocycles. The van der Waals surface area contributed by atoms with E-state index < -0.39 is 23.0 Å². The fraction of sp³-hybridized carbons (Fsp3) is 0.146. The first kappa shape index (κ1) is 38.0. The Labute approximate surface area is 325 Å². The molecule has 13 heteroatoms. The standard InChI is InChI=1S/C41H35ClN4O6S2/c1-25(47)46-20-19-32-34(24-46)54-40(35(32)41(51)52-2)45-39(50)36(27-12-5-3-6-13-27)53-31-18-10-17-30(23-31)43-38(49)33(22-26-11-9-16-29(42)21-26)44-37(48)28-14-7-4-8-15-28/h3-18,21-23,36H,19-20,24H2,1-2H3,(H,43,49)(H,44,48)(H,45,50)/b33-22-. The number of ether oxygens (including phenoxy) is 1. The van der Waals surface area contributed by atoms with E-state index in [2.05, 4.69) is 16.0 Å². The van der Waals surface area contributed by atoms with E-state index in [1.165, 1.54) is 37.1 Å². The molecule has 5 aromatic rings. The zero-order valence-electron chi connectivity index (χ0n) is 29.3. The molecule has 1 aliphatic rings. The molecule has 0 saturated carbocycles. The molecule has 4 amide bonds. The second kappa shape index (κ2) is 17.4. The molecule has 0 spiro atoms. The summed E-state index contributed by atoms with van der Waals surface area (Å²) in [5.74, 6) is -2.03. The Kier molecular flexibility index (Phi) is 12.3. The summed E-state index contributed by atoms with van der Waals surface area (Å²) >= 11 is 8.72. The molecule has 54 heavy (non-hydrogen) atoms. The minimum atomic E-state index is -0.765. The van der Waals surface area contributed by atoms with E-state index in [1.54, 1.807) is 83.8 Å². The van der Waals surface area contributed by atoms with Gasteiger partial charge in [0.1, 0.15) is 15.9 Å². The number of amides is 4. The molecule has 10 nitrogen and oxygen atoms in total. The molecule has 3 N–H and O–H groups in total. The first-order valence-corrected chi connectivity index (χ1v) is 18.9. The molecule has 6 rings (SSSR count). The SMILES string of the molecule is COC(=O)c1c(NC(=O)C(Sc2cccc(NC(=O)/C(=C/c3cccc(Cl)c3)NC(=O)c3ccccc3)c2)c2ccccc2)sc2c1CCN(C(C)=O)C2. The number of esters is 1. The van der Waals surface area contributed by atoms with Crippen LogP contribution in [0, 0.1) is 0 Å². The van der Waals surface area contributed by atoms with Crippen LogP contribution >= 0.6 is 34.7 Å². The van der Waals surface area contributed by atoms with Gasteiger partial charge >= 0.3 is 5.97 Å². The minimum Gasteiger partial charge on any atom is -0.465 e. The summed E-state index contributed by atoms with van der Waals surface area (Å²) in [6.07, 6.45) is 2.01. The van der Waals surface area contributed by atoms with Crippen molar-refractivity contribution in [1.82, 2.24) is 10.2 Å². The number of benzene rings is 4. The van der Waals surface area contributed by atoms with E-state index in [1.807, 2.05) is 36.4 Å². The zero-order chi connectivity index (χ0) is 38.2. The van der Waals surface area contributed by atoms with Gasteiger partial charge in [-0.3, -0.25) is 19.2 Å². The Balaban J connectivity index is 1.25. The molecule has 4 aromatic carbocycles. The summed E-state index contributed by atoms with van der Waals surface area (Å²) in [5, 5.41) is 8.67. The van der Waals surface area contributed by atoms with Gasteiger partial charge < -0.3 is 25.6 Å². The number of nitrogens with one attached hydrogen (secondary N) is 3. The molecule has 1 unspecified atom stereocenters. The highest BCUT2D eigenvalue weighted by Crippen LogP contribution is 2.41. The summed E-state index contributed by atoms with van der Waals surface area (Å²) in [4.78, 5) is 69.3. The predicted molar refractivity (Wildman–Crippen MR) is 213 cm³/mol. The molecule has 0 bridgehead atoms. The summed E-state index contributed by atoms with van der Waals surface area (Å²) in [6, 6.07) is 31.7. The Morgan fingerprint density at radius 3 is 2.31 bits per heavy atom. The van der Waals surface area contributed by atoms with Gasteiger partial charge in [-0.2, -0.15) is 0 Å². The number of rotatable bonds is 11. The van der Waals surface area contributed by atoms with Crippen LogP contribution in [0.25, 0.3) is 6.08 Å². The highest BCUT2D eigenvalue weighted by atomic mass is 35.5. The third kappa shape index (κ3) is 9.26. The molecule has 0 fully saturated rings. The van der Waals surface area contributed by atoms with Crippen molar-refractivity contribution in [3.8, 4) is 0 Å². The predicted octanol–water partition coefficient (Wildman–Crippen LogP) is 7.97. The normalized spacial score (nSPS) is 12.9. The van der Waals surface area contributed by atoms with Crippen LogP contribution in [-0.4, -0.2) is 48.2 Å². The largest absolute Gasteiger partial charge is 0.465 e. The number of hydrogen-bond donors (Lipinski definition) is 3. The smallest absolute Gasteiger partial charge is 0.341 e. The lowest BCUT2D eigenvalue weighted by Gasteiger charge is -2.25. The monoisotopic (exact) mass is 778 g/mol. The van der Waals surface area contributed by atoms with Crippen molar-refractivity contribution in [3.05, 3.63) is 153 Å². The van der Waals surface area contributed by atoms with Crippen molar-refractivity contribution >= 4 is 81.1 Å². The van der Waals surface area contributed by atoms with E-state index in [0.29, 0.717) is 62.4 Å². The summed E-state index contributed by atoms with van der Waals surface area (Å²) < 4.78 is 5.10. The van der Waals surface area contributed by atoms with Crippen LogP contribution in [0.4, 0.5) is 10.7 Å². The van der Waals surface area contributed by atoms with Gasteiger partial charge in [-0.15, -0.1) is 23.1 Å². The van der Waals surface area contributed by atoms with Crippen LogP contribution < -0.4 is 16.0 Å². The van der Waals surface area contributed by atoms with Crippen molar-refractivity contribution in [2.24, 2.45) is 0 Å². The molecule has 0 radical (unpaired) electrons. The lowest BCUT2D eigenvalue weighted by Crippen LogP contribution is -2.33. The van der Waals surface area contributed by atoms with Gasteiger partial charge in [0.05, 0.1) is 19.2 Å². The van der Waals surface area contributed by atoms with Crippen LogP contribution in [0.1, 0.15) is 54.5 Å². The molecule has 2 heterocycles. The fourth-order valence-corrected chi connectivity index (χ4v) is 8.38. The summed E-state index contributed by atoms with van der Waals surface area (Å²) in [7, 11) is 1.30. The van der Waals surface area contributed by atoms with Crippen molar-refractivity contribution < 1.29 is 28.7 Å². The third-order valence-electron chi connectivity index (χ3n) is 8.50. The van der Waals surface area contributed by atoms with Crippen LogP contribution in [0.3, 0.4) is 0 Å². The van der Waals surface area contributed by atoms with Gasteiger partial charge in [0.25, 0.3) is 11.8 Å². The van der Waals surface area contributed by atoms with Gasteiger partial charge in [-0.1, -0.05) is 78.3 Å². The molecule has 1 atom stereocenters. The Bertz CT molecular complexity index is 2240. The van der Waals surface area contributed by atoms with Crippen molar-refractivity contribution in [3.63, 3.8) is 0 Å². The maximum absolute atomic E-state index is 14.2. The average Bonchev–Trinajstić information content (AvgIpc) is 3.54. The average molecular weight is 779 g/mol. The number of fused-ring (bicyclic) bond motifs is 1.